The number of thiazole rings is 1. The molecule has 0 radical (unpaired) electrons. The Bertz CT molecular complexity index is 520. The quantitative estimate of drug-likeness (QED) is 0.918. The van der Waals surface area contributed by atoms with Crippen molar-refractivity contribution < 1.29 is 9.53 Å². The SMILES string of the molecule is Cc1nc(NC(=O)COc2cccnc2)sc1C. The molecule has 1 N–H and O–H groups in total. The Morgan fingerprint density at radius 2 is 2.33 bits per heavy atom. The molecule has 94 valence electrons. The summed E-state index contributed by atoms with van der Waals surface area (Å²) in [6.45, 7) is 3.83. The Morgan fingerprint density at radius 3 is 2.94 bits per heavy atom. The topological polar surface area (TPSA) is 64.1 Å². The fourth-order valence-corrected chi connectivity index (χ4v) is 2.09. The van der Waals surface area contributed by atoms with Crippen molar-refractivity contribution in [2.75, 3.05) is 11.9 Å². The van der Waals surface area contributed by atoms with Gasteiger partial charge in [-0.3, -0.25) is 15.1 Å². The van der Waals surface area contributed by atoms with Gasteiger partial charge in [0.1, 0.15) is 5.75 Å². The Morgan fingerprint density at radius 1 is 1.50 bits per heavy atom. The largest absolute Gasteiger partial charge is 0.482 e. The van der Waals surface area contributed by atoms with E-state index in [1.807, 2.05) is 13.8 Å². The standard InChI is InChI=1S/C12H13N3O2S/c1-8-9(2)18-12(14-8)15-11(16)7-17-10-4-3-5-13-6-10/h3-6H,7H2,1-2H3,(H,14,15,16). The lowest BCUT2D eigenvalue weighted by atomic mass is 10.4. The van der Waals surface area contributed by atoms with E-state index in [0.29, 0.717) is 10.9 Å². The second-order valence-corrected chi connectivity index (χ2v) is 4.89. The van der Waals surface area contributed by atoms with Crippen LogP contribution in [0.15, 0.2) is 24.5 Å². The number of aromatic nitrogens is 2. The number of pyridine rings is 1. The summed E-state index contributed by atoms with van der Waals surface area (Å²) in [5.74, 6) is 0.340. The van der Waals surface area contributed by atoms with Crippen molar-refractivity contribution >= 4 is 22.4 Å². The summed E-state index contributed by atoms with van der Waals surface area (Å²) >= 11 is 1.45. The van der Waals surface area contributed by atoms with Crippen LogP contribution in [0.25, 0.3) is 0 Å². The minimum atomic E-state index is -0.229. The Labute approximate surface area is 109 Å². The van der Waals surface area contributed by atoms with Crippen molar-refractivity contribution in [3.05, 3.63) is 35.1 Å². The van der Waals surface area contributed by atoms with Crippen molar-refractivity contribution in [3.8, 4) is 5.75 Å². The molecule has 0 saturated heterocycles. The van der Waals surface area contributed by atoms with Crippen LogP contribution < -0.4 is 10.1 Å². The van der Waals surface area contributed by atoms with Crippen LogP contribution in [0.3, 0.4) is 0 Å². The van der Waals surface area contributed by atoms with E-state index in [2.05, 4.69) is 15.3 Å². The summed E-state index contributed by atoms with van der Waals surface area (Å²) in [7, 11) is 0. The summed E-state index contributed by atoms with van der Waals surface area (Å²) in [6, 6.07) is 3.50. The van der Waals surface area contributed by atoms with Crippen LogP contribution in [0.1, 0.15) is 10.6 Å². The molecule has 2 aromatic rings. The van der Waals surface area contributed by atoms with Gasteiger partial charge in [-0.1, -0.05) is 0 Å². The Balaban J connectivity index is 1.86. The molecule has 0 spiro atoms. The fraction of sp³-hybridized carbons (Fsp3) is 0.250. The number of rotatable bonds is 4. The number of amides is 1. The molecule has 0 bridgehead atoms. The number of aryl methyl sites for hydroxylation is 2. The molecule has 2 rings (SSSR count). The van der Waals surface area contributed by atoms with Gasteiger partial charge < -0.3 is 4.74 Å². The number of carbonyl (C=O) groups is 1. The maximum absolute atomic E-state index is 11.6. The van der Waals surface area contributed by atoms with Gasteiger partial charge in [0.25, 0.3) is 5.91 Å². The van der Waals surface area contributed by atoms with Crippen LogP contribution in [0.2, 0.25) is 0 Å². The molecule has 2 heterocycles. The maximum Gasteiger partial charge on any atom is 0.264 e. The average molecular weight is 263 g/mol. The van der Waals surface area contributed by atoms with Crippen molar-refractivity contribution in [3.63, 3.8) is 0 Å². The first-order chi connectivity index (χ1) is 8.65. The normalized spacial score (nSPS) is 10.1. The monoisotopic (exact) mass is 263 g/mol. The molecule has 5 nitrogen and oxygen atoms in total. The van der Waals surface area contributed by atoms with E-state index < -0.39 is 0 Å². The highest BCUT2D eigenvalue weighted by Crippen LogP contribution is 2.20. The summed E-state index contributed by atoms with van der Waals surface area (Å²) in [4.78, 5) is 20.8. The predicted molar refractivity (Wildman–Crippen MR) is 69.9 cm³/mol. The highest BCUT2D eigenvalue weighted by molar-refractivity contribution is 7.15. The molecule has 0 atom stereocenters. The Hall–Kier alpha value is -1.95. The van der Waals surface area contributed by atoms with E-state index in [9.17, 15) is 4.79 Å². The van der Waals surface area contributed by atoms with E-state index >= 15 is 0 Å². The molecule has 0 aliphatic rings. The lowest BCUT2D eigenvalue weighted by Gasteiger charge is -2.04. The molecule has 0 fully saturated rings. The van der Waals surface area contributed by atoms with Gasteiger partial charge in [-0.15, -0.1) is 11.3 Å². The smallest absolute Gasteiger partial charge is 0.264 e. The third-order valence-electron chi connectivity index (χ3n) is 2.28. The first-order valence-corrected chi connectivity index (χ1v) is 6.23. The van der Waals surface area contributed by atoms with Gasteiger partial charge in [-0.25, -0.2) is 4.98 Å². The van der Waals surface area contributed by atoms with Crippen molar-refractivity contribution in [2.45, 2.75) is 13.8 Å². The third kappa shape index (κ3) is 3.27. The van der Waals surface area contributed by atoms with Gasteiger partial charge in [0, 0.05) is 11.1 Å². The van der Waals surface area contributed by atoms with Gasteiger partial charge >= 0.3 is 0 Å². The predicted octanol–water partition coefficient (Wildman–Crippen LogP) is 2.17. The Kier molecular flexibility index (Phi) is 3.88. The zero-order chi connectivity index (χ0) is 13.0. The van der Waals surface area contributed by atoms with Crippen molar-refractivity contribution in [1.29, 1.82) is 0 Å². The van der Waals surface area contributed by atoms with Gasteiger partial charge in [0.05, 0.1) is 11.9 Å². The number of carbonyl (C=O) groups excluding carboxylic acids is 1. The second kappa shape index (κ2) is 5.59. The molecule has 2 aromatic heterocycles. The number of anilines is 1. The summed E-state index contributed by atoms with van der Waals surface area (Å²) in [5, 5.41) is 3.30. The third-order valence-corrected chi connectivity index (χ3v) is 3.27. The molecule has 0 unspecified atom stereocenters. The van der Waals surface area contributed by atoms with Crippen LogP contribution in [0.4, 0.5) is 5.13 Å². The minimum absolute atomic E-state index is 0.0522. The average Bonchev–Trinajstić information content (AvgIpc) is 2.67. The molecular formula is C12H13N3O2S. The molecule has 0 aromatic carbocycles. The minimum Gasteiger partial charge on any atom is -0.482 e. The van der Waals surface area contributed by atoms with Crippen LogP contribution in [0.5, 0.6) is 5.75 Å². The molecule has 0 saturated carbocycles. The summed E-state index contributed by atoms with van der Waals surface area (Å²) in [6.07, 6.45) is 3.21. The van der Waals surface area contributed by atoms with Gasteiger partial charge in [0.15, 0.2) is 11.7 Å². The summed E-state index contributed by atoms with van der Waals surface area (Å²) in [5.41, 5.74) is 0.934. The zero-order valence-corrected chi connectivity index (χ0v) is 11.0. The number of nitrogens with zero attached hydrogens (tertiary/aromatic N) is 2. The van der Waals surface area contributed by atoms with Gasteiger partial charge in [0.2, 0.25) is 0 Å². The fourth-order valence-electron chi connectivity index (χ4n) is 1.26. The van der Waals surface area contributed by atoms with Crippen molar-refractivity contribution in [1.82, 2.24) is 9.97 Å². The highest BCUT2D eigenvalue weighted by Gasteiger charge is 2.08. The van der Waals surface area contributed by atoms with E-state index in [4.69, 9.17) is 4.74 Å². The zero-order valence-electron chi connectivity index (χ0n) is 10.1. The second-order valence-electron chi connectivity index (χ2n) is 3.69. The van der Waals surface area contributed by atoms with E-state index in [1.165, 1.54) is 11.3 Å². The maximum atomic E-state index is 11.6. The van der Waals surface area contributed by atoms with Crippen LogP contribution in [0, 0.1) is 13.8 Å². The number of ether oxygens (including phenoxy) is 1. The van der Waals surface area contributed by atoms with Gasteiger partial charge in [-0.05, 0) is 26.0 Å². The van der Waals surface area contributed by atoms with Crippen LogP contribution in [-0.4, -0.2) is 22.5 Å². The first kappa shape index (κ1) is 12.5. The van der Waals surface area contributed by atoms with Crippen LogP contribution >= 0.6 is 11.3 Å². The van der Waals surface area contributed by atoms with Gasteiger partial charge in [-0.2, -0.15) is 0 Å². The first-order valence-electron chi connectivity index (χ1n) is 5.42. The molecule has 0 aliphatic heterocycles. The van der Waals surface area contributed by atoms with Crippen LogP contribution in [-0.2, 0) is 4.79 Å². The number of hydrogen-bond donors (Lipinski definition) is 1. The highest BCUT2D eigenvalue weighted by atomic mass is 32.1. The summed E-state index contributed by atoms with van der Waals surface area (Å²) < 4.78 is 5.28. The lowest BCUT2D eigenvalue weighted by Crippen LogP contribution is -2.20. The van der Waals surface area contributed by atoms with Crippen molar-refractivity contribution in [2.24, 2.45) is 0 Å². The molecule has 0 aliphatic carbocycles. The van der Waals surface area contributed by atoms with E-state index in [1.54, 1.807) is 24.5 Å². The molecule has 18 heavy (non-hydrogen) atoms. The number of hydrogen-bond acceptors (Lipinski definition) is 5. The van der Waals surface area contributed by atoms with E-state index in [-0.39, 0.29) is 12.5 Å². The molecular weight excluding hydrogens is 250 g/mol. The molecule has 6 heteroatoms. The molecule has 1 amide bonds. The lowest BCUT2D eigenvalue weighted by molar-refractivity contribution is -0.118. The van der Waals surface area contributed by atoms with E-state index in [0.717, 1.165) is 10.6 Å². The number of nitrogens with one attached hydrogen (secondary N) is 1.